The number of anilines is 1. The first-order valence-corrected chi connectivity index (χ1v) is 7.16. The van der Waals surface area contributed by atoms with Gasteiger partial charge in [-0.2, -0.15) is 0 Å². The highest BCUT2D eigenvalue weighted by Gasteiger charge is 2.27. The van der Waals surface area contributed by atoms with Crippen LogP contribution >= 0.6 is 11.8 Å². The van der Waals surface area contributed by atoms with Gasteiger partial charge >= 0.3 is 0 Å². The van der Waals surface area contributed by atoms with Crippen LogP contribution in [-0.2, 0) is 4.79 Å². The van der Waals surface area contributed by atoms with Crippen LogP contribution in [0, 0.1) is 0 Å². The molecule has 1 saturated heterocycles. The maximum atomic E-state index is 12.4. The molecule has 1 amide bonds. The van der Waals surface area contributed by atoms with Crippen molar-refractivity contribution in [2.45, 2.75) is 18.1 Å². The predicted molar refractivity (Wildman–Crippen MR) is 77.8 cm³/mol. The number of thioether (sulfide) groups is 1. The Morgan fingerprint density at radius 2 is 2.26 bits per heavy atom. The van der Waals surface area contributed by atoms with E-state index in [0.29, 0.717) is 11.3 Å². The number of amidine groups is 1. The lowest BCUT2D eigenvalue weighted by atomic mass is 10.1. The second-order valence-electron chi connectivity index (χ2n) is 4.40. The number of oxime groups is 1. The van der Waals surface area contributed by atoms with Crippen molar-refractivity contribution in [3.8, 4) is 0 Å². The Bertz CT molecular complexity index is 498. The van der Waals surface area contributed by atoms with Crippen molar-refractivity contribution in [2.24, 2.45) is 10.9 Å². The van der Waals surface area contributed by atoms with E-state index in [2.05, 4.69) is 5.16 Å². The van der Waals surface area contributed by atoms with Crippen molar-refractivity contribution in [1.82, 2.24) is 0 Å². The summed E-state index contributed by atoms with van der Waals surface area (Å²) in [6.07, 6.45) is 2.00. The summed E-state index contributed by atoms with van der Waals surface area (Å²) in [4.78, 5) is 14.0. The first kappa shape index (κ1) is 13.7. The van der Waals surface area contributed by atoms with Gasteiger partial charge in [-0.3, -0.25) is 4.79 Å². The molecular formula is C13H17N3O2S. The van der Waals surface area contributed by atoms with Crippen molar-refractivity contribution in [1.29, 1.82) is 0 Å². The van der Waals surface area contributed by atoms with Gasteiger partial charge in [0.25, 0.3) is 0 Å². The van der Waals surface area contributed by atoms with Crippen molar-refractivity contribution in [3.63, 3.8) is 0 Å². The van der Waals surface area contributed by atoms with Gasteiger partial charge in [-0.25, -0.2) is 0 Å². The molecule has 0 aromatic heterocycles. The highest BCUT2D eigenvalue weighted by Crippen LogP contribution is 2.29. The summed E-state index contributed by atoms with van der Waals surface area (Å²) < 4.78 is 0. The van der Waals surface area contributed by atoms with E-state index in [4.69, 9.17) is 10.9 Å². The minimum atomic E-state index is 0.00863. The van der Waals surface area contributed by atoms with E-state index in [1.54, 1.807) is 41.9 Å². The number of hydrogen-bond donors (Lipinski definition) is 2. The third-order valence-electron chi connectivity index (χ3n) is 3.18. The average Bonchev–Trinajstić information content (AvgIpc) is 2.99. The first-order valence-electron chi connectivity index (χ1n) is 6.11. The van der Waals surface area contributed by atoms with Crippen LogP contribution in [0.15, 0.2) is 29.4 Å². The lowest BCUT2D eigenvalue weighted by Gasteiger charge is -2.22. The number of hydrogen-bond acceptors (Lipinski definition) is 4. The third kappa shape index (κ3) is 2.84. The van der Waals surface area contributed by atoms with Gasteiger partial charge in [-0.1, -0.05) is 17.3 Å². The molecule has 1 heterocycles. The van der Waals surface area contributed by atoms with Crippen molar-refractivity contribution in [3.05, 3.63) is 29.8 Å². The summed E-state index contributed by atoms with van der Waals surface area (Å²) in [6, 6.07) is 7.15. The Hall–Kier alpha value is -1.69. The molecule has 6 heteroatoms. The second kappa shape index (κ2) is 5.97. The van der Waals surface area contributed by atoms with Crippen molar-refractivity contribution >= 4 is 29.2 Å². The topological polar surface area (TPSA) is 78.9 Å². The van der Waals surface area contributed by atoms with Crippen LogP contribution in [-0.4, -0.2) is 35.0 Å². The molecule has 19 heavy (non-hydrogen) atoms. The van der Waals surface area contributed by atoms with E-state index in [1.165, 1.54) is 0 Å². The molecule has 1 unspecified atom stereocenters. The fourth-order valence-electron chi connectivity index (χ4n) is 2.14. The summed E-state index contributed by atoms with van der Waals surface area (Å²) in [5.41, 5.74) is 6.86. The fourth-order valence-corrected chi connectivity index (χ4v) is 3.40. The number of para-hydroxylation sites is 1. The van der Waals surface area contributed by atoms with Gasteiger partial charge in [0, 0.05) is 12.6 Å². The smallest absolute Gasteiger partial charge is 0.239 e. The SMILES string of the molecule is CN(C(=O)C1CCCS1)c1ccccc1C(N)=NO. The summed E-state index contributed by atoms with van der Waals surface area (Å²) >= 11 is 1.69. The number of amides is 1. The molecule has 0 spiro atoms. The second-order valence-corrected chi connectivity index (χ2v) is 5.71. The molecule has 0 aliphatic carbocycles. The van der Waals surface area contributed by atoms with Crippen LogP contribution in [0.3, 0.4) is 0 Å². The number of nitrogens with two attached hydrogens (primary N) is 1. The molecule has 1 fully saturated rings. The zero-order valence-electron chi connectivity index (χ0n) is 10.7. The van der Waals surface area contributed by atoms with E-state index in [0.717, 1.165) is 18.6 Å². The number of rotatable bonds is 3. The fraction of sp³-hybridized carbons (Fsp3) is 0.385. The number of carbonyl (C=O) groups is 1. The molecular weight excluding hydrogens is 262 g/mol. The van der Waals surface area contributed by atoms with Gasteiger partial charge in [0.1, 0.15) is 0 Å². The minimum Gasteiger partial charge on any atom is -0.409 e. The normalized spacial score (nSPS) is 19.4. The lowest BCUT2D eigenvalue weighted by Crippen LogP contribution is -2.35. The van der Waals surface area contributed by atoms with E-state index in [1.807, 2.05) is 6.07 Å². The Balaban J connectivity index is 2.28. The summed E-state index contributed by atoms with van der Waals surface area (Å²) in [5.74, 6) is 1.11. The largest absolute Gasteiger partial charge is 0.409 e. The average molecular weight is 279 g/mol. The van der Waals surface area contributed by atoms with Gasteiger partial charge in [0.15, 0.2) is 5.84 Å². The van der Waals surface area contributed by atoms with Gasteiger partial charge < -0.3 is 15.8 Å². The van der Waals surface area contributed by atoms with E-state index in [-0.39, 0.29) is 17.0 Å². The molecule has 0 radical (unpaired) electrons. The zero-order chi connectivity index (χ0) is 13.8. The molecule has 102 valence electrons. The van der Waals surface area contributed by atoms with Crippen LogP contribution in [0.25, 0.3) is 0 Å². The summed E-state index contributed by atoms with van der Waals surface area (Å²) in [6.45, 7) is 0. The molecule has 1 aromatic rings. The quantitative estimate of drug-likeness (QED) is 0.381. The molecule has 1 aliphatic rings. The van der Waals surface area contributed by atoms with Crippen LogP contribution < -0.4 is 10.6 Å². The van der Waals surface area contributed by atoms with Crippen LogP contribution in [0.2, 0.25) is 0 Å². The van der Waals surface area contributed by atoms with Crippen LogP contribution in [0.1, 0.15) is 18.4 Å². The van der Waals surface area contributed by atoms with Crippen LogP contribution in [0.5, 0.6) is 0 Å². The van der Waals surface area contributed by atoms with Gasteiger partial charge in [-0.05, 0) is 30.7 Å². The Morgan fingerprint density at radius 1 is 1.53 bits per heavy atom. The maximum absolute atomic E-state index is 12.4. The molecule has 0 bridgehead atoms. The summed E-state index contributed by atoms with van der Waals surface area (Å²) in [5, 5.41) is 11.8. The minimum absolute atomic E-state index is 0.00863. The molecule has 3 N–H and O–H groups in total. The first-order chi connectivity index (χ1) is 9.15. The monoisotopic (exact) mass is 279 g/mol. The maximum Gasteiger partial charge on any atom is 0.239 e. The number of carbonyl (C=O) groups excluding carboxylic acids is 1. The Morgan fingerprint density at radius 3 is 2.89 bits per heavy atom. The Labute approximate surface area is 116 Å². The Kier molecular flexibility index (Phi) is 4.31. The molecule has 0 saturated carbocycles. The summed E-state index contributed by atoms with van der Waals surface area (Å²) in [7, 11) is 1.73. The molecule has 2 rings (SSSR count). The predicted octanol–water partition coefficient (Wildman–Crippen LogP) is 1.64. The van der Waals surface area contributed by atoms with Crippen molar-refractivity contribution in [2.75, 3.05) is 17.7 Å². The third-order valence-corrected chi connectivity index (χ3v) is 4.55. The van der Waals surface area contributed by atoms with Crippen LogP contribution in [0.4, 0.5) is 5.69 Å². The van der Waals surface area contributed by atoms with Gasteiger partial charge in [0.2, 0.25) is 5.91 Å². The van der Waals surface area contributed by atoms with Gasteiger partial charge in [0.05, 0.1) is 10.9 Å². The zero-order valence-corrected chi connectivity index (χ0v) is 11.6. The van der Waals surface area contributed by atoms with Crippen molar-refractivity contribution < 1.29 is 10.0 Å². The lowest BCUT2D eigenvalue weighted by molar-refractivity contribution is -0.117. The molecule has 5 nitrogen and oxygen atoms in total. The number of benzene rings is 1. The van der Waals surface area contributed by atoms with E-state index < -0.39 is 0 Å². The molecule has 1 aromatic carbocycles. The van der Waals surface area contributed by atoms with E-state index >= 15 is 0 Å². The molecule has 1 aliphatic heterocycles. The highest BCUT2D eigenvalue weighted by molar-refractivity contribution is 8.00. The molecule has 1 atom stereocenters. The number of nitrogens with zero attached hydrogens (tertiary/aromatic N) is 2. The van der Waals surface area contributed by atoms with E-state index in [9.17, 15) is 4.79 Å². The van der Waals surface area contributed by atoms with Gasteiger partial charge in [-0.15, -0.1) is 11.8 Å². The standard InChI is InChI=1S/C13H17N3O2S/c1-16(13(17)11-7-4-8-19-11)10-6-3-2-5-9(10)12(14)15-18/h2-3,5-6,11,18H,4,7-8H2,1H3,(H2,14,15). The highest BCUT2D eigenvalue weighted by atomic mass is 32.2.